The summed E-state index contributed by atoms with van der Waals surface area (Å²) in [6.45, 7) is 0.503. The molecule has 2 aromatic heterocycles. The maximum Gasteiger partial charge on any atom is 0.140 e. The number of hydrogen-bond acceptors (Lipinski definition) is 3. The van der Waals surface area contributed by atoms with Gasteiger partial charge in [-0.25, -0.2) is 4.98 Å². The highest BCUT2D eigenvalue weighted by Crippen LogP contribution is 2.22. The molecule has 0 atom stereocenters. The van der Waals surface area contributed by atoms with Crippen molar-refractivity contribution in [3.63, 3.8) is 0 Å². The van der Waals surface area contributed by atoms with E-state index >= 15 is 0 Å². The van der Waals surface area contributed by atoms with Gasteiger partial charge in [0.05, 0.1) is 11.7 Å². The van der Waals surface area contributed by atoms with Gasteiger partial charge < -0.3 is 4.84 Å². The van der Waals surface area contributed by atoms with E-state index in [1.165, 1.54) is 0 Å². The minimum Gasteiger partial charge on any atom is -0.407 e. The zero-order valence-electron chi connectivity index (χ0n) is 11.3. The van der Waals surface area contributed by atoms with Crippen LogP contribution in [0.3, 0.4) is 0 Å². The first-order chi connectivity index (χ1) is 10.4. The van der Waals surface area contributed by atoms with Crippen LogP contribution in [-0.4, -0.2) is 14.7 Å². The molecule has 2 heterocycles. The fourth-order valence-electron chi connectivity index (χ4n) is 2.43. The monoisotopic (exact) mass is 275 g/mol. The van der Waals surface area contributed by atoms with E-state index in [-0.39, 0.29) is 0 Å². The third-order valence-electron chi connectivity index (χ3n) is 3.46. The van der Waals surface area contributed by atoms with Crippen molar-refractivity contribution in [2.45, 2.75) is 6.61 Å². The lowest BCUT2D eigenvalue weighted by Crippen LogP contribution is -2.10. The molecule has 0 saturated heterocycles. The number of fused-ring (bicyclic) bond motifs is 3. The normalized spacial score (nSPS) is 11.0. The van der Waals surface area contributed by atoms with Crippen molar-refractivity contribution in [3.05, 3.63) is 72.7 Å². The fraction of sp³-hybridized carbons (Fsp3) is 0.0588. The summed E-state index contributed by atoms with van der Waals surface area (Å²) in [5.74, 6) is 0. The third-order valence-corrected chi connectivity index (χ3v) is 3.46. The van der Waals surface area contributed by atoms with Gasteiger partial charge in [-0.1, -0.05) is 48.5 Å². The Balaban J connectivity index is 1.77. The maximum absolute atomic E-state index is 5.88. The molecular weight excluding hydrogens is 262 g/mol. The van der Waals surface area contributed by atoms with Crippen LogP contribution >= 0.6 is 0 Å². The number of rotatable bonds is 3. The molecule has 0 unspecified atom stereocenters. The Kier molecular flexibility index (Phi) is 2.78. The van der Waals surface area contributed by atoms with Crippen molar-refractivity contribution in [2.75, 3.05) is 0 Å². The number of imidazole rings is 1. The van der Waals surface area contributed by atoms with Crippen LogP contribution in [0.1, 0.15) is 5.56 Å². The molecule has 0 fully saturated rings. The number of para-hydroxylation sites is 1. The first-order valence-electron chi connectivity index (χ1n) is 6.80. The van der Waals surface area contributed by atoms with Gasteiger partial charge in [-0.3, -0.25) is 4.98 Å². The van der Waals surface area contributed by atoms with Crippen LogP contribution in [0.25, 0.3) is 21.9 Å². The second-order valence-electron chi connectivity index (χ2n) is 4.84. The summed E-state index contributed by atoms with van der Waals surface area (Å²) in [4.78, 5) is 14.6. The molecular formula is C17H13N3O. The van der Waals surface area contributed by atoms with Crippen molar-refractivity contribution in [1.82, 2.24) is 14.7 Å². The predicted molar refractivity (Wildman–Crippen MR) is 81.8 cm³/mol. The van der Waals surface area contributed by atoms with Crippen LogP contribution in [0.5, 0.6) is 0 Å². The smallest absolute Gasteiger partial charge is 0.140 e. The molecule has 4 rings (SSSR count). The number of nitrogens with zero attached hydrogens (tertiary/aromatic N) is 3. The molecule has 4 heteroatoms. The first-order valence-corrected chi connectivity index (χ1v) is 6.80. The van der Waals surface area contributed by atoms with Crippen LogP contribution in [-0.2, 0) is 6.61 Å². The molecule has 2 aromatic carbocycles. The summed E-state index contributed by atoms with van der Waals surface area (Å²) in [5.41, 5.74) is 3.85. The van der Waals surface area contributed by atoms with Crippen LogP contribution in [0.4, 0.5) is 0 Å². The van der Waals surface area contributed by atoms with Crippen molar-refractivity contribution < 1.29 is 4.84 Å². The number of pyridine rings is 1. The Morgan fingerprint density at radius 3 is 2.57 bits per heavy atom. The number of hydrogen-bond donors (Lipinski definition) is 0. The first kappa shape index (κ1) is 11.9. The predicted octanol–water partition coefficient (Wildman–Crippen LogP) is 3.21. The molecule has 0 spiro atoms. The molecule has 0 radical (unpaired) electrons. The summed E-state index contributed by atoms with van der Waals surface area (Å²) in [7, 11) is 0. The van der Waals surface area contributed by atoms with E-state index in [2.05, 4.69) is 9.97 Å². The Labute approximate surface area is 121 Å². The average molecular weight is 275 g/mol. The van der Waals surface area contributed by atoms with Gasteiger partial charge in [-0.15, -0.1) is 0 Å². The average Bonchev–Trinajstić information content (AvgIpc) is 2.97. The lowest BCUT2D eigenvalue weighted by atomic mass is 10.2. The Morgan fingerprint density at radius 1 is 0.857 bits per heavy atom. The molecule has 4 nitrogen and oxygen atoms in total. The highest BCUT2D eigenvalue weighted by molar-refractivity contribution is 6.01. The molecule has 0 amide bonds. The van der Waals surface area contributed by atoms with Crippen molar-refractivity contribution in [2.24, 2.45) is 0 Å². The van der Waals surface area contributed by atoms with Gasteiger partial charge >= 0.3 is 0 Å². The van der Waals surface area contributed by atoms with Crippen molar-refractivity contribution in [1.29, 1.82) is 0 Å². The number of aromatic nitrogens is 3. The summed E-state index contributed by atoms with van der Waals surface area (Å²) in [6, 6.07) is 18.1. The molecule has 4 aromatic rings. The number of benzene rings is 2. The van der Waals surface area contributed by atoms with E-state index in [9.17, 15) is 0 Å². The Morgan fingerprint density at radius 2 is 1.67 bits per heavy atom. The largest absolute Gasteiger partial charge is 0.407 e. The van der Waals surface area contributed by atoms with Gasteiger partial charge in [0, 0.05) is 5.39 Å². The summed E-state index contributed by atoms with van der Waals surface area (Å²) >= 11 is 0. The van der Waals surface area contributed by atoms with Crippen LogP contribution < -0.4 is 4.84 Å². The topological polar surface area (TPSA) is 39.9 Å². The van der Waals surface area contributed by atoms with Crippen LogP contribution in [0, 0.1) is 0 Å². The maximum atomic E-state index is 5.88. The van der Waals surface area contributed by atoms with E-state index in [0.29, 0.717) is 6.61 Å². The zero-order valence-corrected chi connectivity index (χ0v) is 11.3. The quantitative estimate of drug-likeness (QED) is 0.576. The minimum absolute atomic E-state index is 0.503. The zero-order chi connectivity index (χ0) is 14.1. The lowest BCUT2D eigenvalue weighted by Gasteiger charge is -2.08. The third kappa shape index (κ3) is 2.10. The molecule has 0 N–H and O–H groups in total. The standard InChI is InChI=1S/C17H13N3O/c1-2-6-13(7-3-1)11-21-20-12-19-16-10-18-15-9-5-4-8-14(15)17(16)20/h1-10,12H,11H2. The second kappa shape index (κ2) is 4.90. The fourth-order valence-corrected chi connectivity index (χ4v) is 2.43. The molecule has 0 bridgehead atoms. The van der Waals surface area contributed by atoms with E-state index in [1.807, 2.05) is 54.6 Å². The Bertz CT molecular complexity index is 900. The molecule has 21 heavy (non-hydrogen) atoms. The van der Waals surface area contributed by atoms with Gasteiger partial charge in [-0.2, -0.15) is 4.73 Å². The van der Waals surface area contributed by atoms with Gasteiger partial charge in [0.25, 0.3) is 0 Å². The van der Waals surface area contributed by atoms with Crippen LogP contribution in [0.15, 0.2) is 67.1 Å². The van der Waals surface area contributed by atoms with Gasteiger partial charge in [0.2, 0.25) is 0 Å². The van der Waals surface area contributed by atoms with Gasteiger partial charge in [0.1, 0.15) is 24.0 Å². The van der Waals surface area contributed by atoms with Crippen molar-refractivity contribution in [3.8, 4) is 0 Å². The summed E-state index contributed by atoms with van der Waals surface area (Å²) in [5, 5.41) is 1.04. The van der Waals surface area contributed by atoms with Gasteiger partial charge in [-0.05, 0) is 11.6 Å². The second-order valence-corrected chi connectivity index (χ2v) is 4.84. The summed E-state index contributed by atoms with van der Waals surface area (Å²) in [6.07, 6.45) is 3.47. The molecule has 0 aliphatic heterocycles. The molecule has 0 saturated carbocycles. The summed E-state index contributed by atoms with van der Waals surface area (Å²) < 4.78 is 1.73. The highest BCUT2D eigenvalue weighted by Gasteiger charge is 2.08. The van der Waals surface area contributed by atoms with E-state index in [4.69, 9.17) is 4.84 Å². The van der Waals surface area contributed by atoms with Gasteiger partial charge in [0.15, 0.2) is 0 Å². The highest BCUT2D eigenvalue weighted by atomic mass is 16.7. The molecule has 0 aliphatic rings. The SMILES string of the molecule is c1ccc(COn2cnc3cnc4ccccc4c32)cc1. The van der Waals surface area contributed by atoms with Crippen molar-refractivity contribution >= 4 is 21.9 Å². The molecule has 0 aliphatic carbocycles. The minimum atomic E-state index is 0.503. The van der Waals surface area contributed by atoms with Crippen LogP contribution in [0.2, 0.25) is 0 Å². The molecule has 102 valence electrons. The van der Waals surface area contributed by atoms with E-state index < -0.39 is 0 Å². The Hall–Kier alpha value is -2.88. The lowest BCUT2D eigenvalue weighted by molar-refractivity contribution is 0.106. The van der Waals surface area contributed by atoms with E-state index in [1.54, 1.807) is 17.3 Å². The van der Waals surface area contributed by atoms with E-state index in [0.717, 1.165) is 27.5 Å².